The molecule has 0 saturated heterocycles. The summed E-state index contributed by atoms with van der Waals surface area (Å²) >= 11 is 0. The molecule has 0 aliphatic carbocycles. The lowest BCUT2D eigenvalue weighted by Gasteiger charge is -2.11. The van der Waals surface area contributed by atoms with Crippen LogP contribution in [-0.4, -0.2) is 24.5 Å². The van der Waals surface area contributed by atoms with Gasteiger partial charge in [0.25, 0.3) is 0 Å². The topological polar surface area (TPSA) is 69.6 Å². The number of nitrogens with zero attached hydrogens (tertiary/aromatic N) is 5. The molecule has 0 aliphatic heterocycles. The van der Waals surface area contributed by atoms with Crippen LogP contribution in [0.1, 0.15) is 0 Å². The average Bonchev–Trinajstić information content (AvgIpc) is 3.62. The number of para-hydroxylation sites is 1. The molecule has 4 aromatic heterocycles. The molecule has 0 aliphatic rings. The van der Waals surface area contributed by atoms with Crippen LogP contribution in [0.5, 0.6) is 0 Å². The number of benzene rings is 5. The Kier molecular flexibility index (Phi) is 4.80. The second kappa shape index (κ2) is 8.81. The minimum absolute atomic E-state index is 0.538. The van der Waals surface area contributed by atoms with Crippen LogP contribution in [-0.2, 0) is 0 Å². The molecule has 4 heterocycles. The first kappa shape index (κ1) is 22.9. The van der Waals surface area contributed by atoms with Crippen LogP contribution in [0.3, 0.4) is 0 Å². The zero-order valence-corrected chi connectivity index (χ0v) is 22.3. The Morgan fingerprint density at radius 1 is 0.548 bits per heavy atom. The Morgan fingerprint density at radius 2 is 1.24 bits per heavy atom. The van der Waals surface area contributed by atoms with E-state index >= 15 is 0 Å². The van der Waals surface area contributed by atoms with Crippen LogP contribution >= 0.6 is 0 Å². The third kappa shape index (κ3) is 3.32. The van der Waals surface area contributed by atoms with Crippen molar-refractivity contribution in [2.24, 2.45) is 0 Å². The van der Waals surface area contributed by atoms with Crippen LogP contribution in [0.2, 0.25) is 0 Å². The van der Waals surface area contributed by atoms with Crippen molar-refractivity contribution in [1.82, 2.24) is 24.5 Å². The van der Waals surface area contributed by atoms with E-state index in [-0.39, 0.29) is 0 Å². The Balaban J connectivity index is 1.44. The second-order valence-electron chi connectivity index (χ2n) is 10.3. The smallest absolute Gasteiger partial charge is 0.238 e. The van der Waals surface area contributed by atoms with Gasteiger partial charge in [0, 0.05) is 50.5 Å². The van der Waals surface area contributed by atoms with E-state index in [0.29, 0.717) is 17.6 Å². The van der Waals surface area contributed by atoms with E-state index in [1.165, 1.54) is 0 Å². The highest BCUT2D eigenvalue weighted by atomic mass is 16.3. The Labute approximate surface area is 239 Å². The van der Waals surface area contributed by atoms with Gasteiger partial charge in [0.1, 0.15) is 11.1 Å². The molecule has 0 amide bonds. The van der Waals surface area contributed by atoms with Crippen molar-refractivity contribution in [2.45, 2.75) is 0 Å². The summed E-state index contributed by atoms with van der Waals surface area (Å²) in [6.07, 6.45) is 3.72. The summed E-state index contributed by atoms with van der Waals surface area (Å²) in [7, 11) is 0. The monoisotopic (exact) mass is 539 g/mol. The van der Waals surface area contributed by atoms with E-state index < -0.39 is 0 Å². The number of hydrogen-bond acceptors (Lipinski definition) is 5. The maximum atomic E-state index is 6.68. The van der Waals surface area contributed by atoms with Crippen molar-refractivity contribution < 1.29 is 4.42 Å². The van der Waals surface area contributed by atoms with Gasteiger partial charge < -0.3 is 4.42 Å². The molecule has 0 fully saturated rings. The maximum Gasteiger partial charge on any atom is 0.238 e. The summed E-state index contributed by atoms with van der Waals surface area (Å²) in [6, 6.07) is 38.9. The molecule has 0 spiro atoms. The van der Waals surface area contributed by atoms with Crippen molar-refractivity contribution in [3.05, 3.63) is 128 Å². The van der Waals surface area contributed by atoms with E-state index in [1.54, 1.807) is 0 Å². The van der Waals surface area contributed by atoms with Crippen LogP contribution in [0.4, 0.5) is 0 Å². The van der Waals surface area contributed by atoms with Crippen LogP contribution in [0, 0.1) is 0 Å². The normalized spacial score (nSPS) is 11.8. The Bertz CT molecular complexity index is 2400. The van der Waals surface area contributed by atoms with Gasteiger partial charge in [-0.15, -0.1) is 0 Å². The predicted molar refractivity (Wildman–Crippen MR) is 168 cm³/mol. The highest BCUT2D eigenvalue weighted by Gasteiger charge is 2.22. The highest BCUT2D eigenvalue weighted by Crippen LogP contribution is 2.41. The zero-order valence-electron chi connectivity index (χ0n) is 22.3. The number of fused-ring (bicyclic) bond motifs is 9. The van der Waals surface area contributed by atoms with Gasteiger partial charge in [-0.1, -0.05) is 84.9 Å². The minimum Gasteiger partial charge on any atom is -0.454 e. The van der Waals surface area contributed by atoms with Crippen molar-refractivity contribution >= 4 is 54.5 Å². The summed E-state index contributed by atoms with van der Waals surface area (Å²) < 4.78 is 8.81. The van der Waals surface area contributed by atoms with Crippen molar-refractivity contribution in [2.75, 3.05) is 0 Å². The largest absolute Gasteiger partial charge is 0.454 e. The summed E-state index contributed by atoms with van der Waals surface area (Å²) in [5, 5.41) is 6.48. The van der Waals surface area contributed by atoms with Crippen molar-refractivity contribution in [1.29, 1.82) is 0 Å². The number of pyridine rings is 1. The van der Waals surface area contributed by atoms with E-state index in [4.69, 9.17) is 19.4 Å². The molecule has 0 radical (unpaired) electrons. The number of hydrogen-bond donors (Lipinski definition) is 0. The fourth-order valence-electron chi connectivity index (χ4n) is 6.05. The predicted octanol–water partition coefficient (Wildman–Crippen LogP) is 8.75. The molecule has 0 N–H and O–H groups in total. The fraction of sp³-hybridized carbons (Fsp3) is 0. The molecule has 0 unspecified atom stereocenters. The summed E-state index contributed by atoms with van der Waals surface area (Å²) in [5.74, 6) is 1.76. The van der Waals surface area contributed by atoms with E-state index in [9.17, 15) is 0 Å². The van der Waals surface area contributed by atoms with Gasteiger partial charge in [-0.25, -0.2) is 4.98 Å². The van der Waals surface area contributed by atoms with Crippen molar-refractivity contribution in [3.8, 4) is 28.7 Å². The molecule has 9 rings (SSSR count). The number of aromatic nitrogens is 5. The molecule has 196 valence electrons. The second-order valence-corrected chi connectivity index (χ2v) is 10.3. The van der Waals surface area contributed by atoms with Crippen LogP contribution < -0.4 is 0 Å². The highest BCUT2D eigenvalue weighted by molar-refractivity contribution is 6.25. The molecular weight excluding hydrogens is 518 g/mol. The molecule has 9 aromatic rings. The lowest BCUT2D eigenvalue weighted by Crippen LogP contribution is -2.06. The van der Waals surface area contributed by atoms with Gasteiger partial charge in [0.05, 0.1) is 5.52 Å². The number of rotatable bonds is 3. The lowest BCUT2D eigenvalue weighted by molar-refractivity contribution is 0.671. The molecule has 42 heavy (non-hydrogen) atoms. The summed E-state index contributed by atoms with van der Waals surface area (Å²) in [4.78, 5) is 19.4. The summed E-state index contributed by atoms with van der Waals surface area (Å²) in [5.41, 5.74) is 5.40. The van der Waals surface area contributed by atoms with E-state index in [1.807, 2.05) is 85.2 Å². The van der Waals surface area contributed by atoms with Gasteiger partial charge in [-0.2, -0.15) is 9.97 Å². The molecule has 6 heteroatoms. The number of furan rings is 1. The quantitative estimate of drug-likeness (QED) is 0.224. The Hall–Kier alpha value is -5.88. The third-order valence-corrected chi connectivity index (χ3v) is 7.94. The molecule has 0 saturated carbocycles. The fourth-order valence-corrected chi connectivity index (χ4v) is 6.05. The van der Waals surface area contributed by atoms with Gasteiger partial charge in [0.2, 0.25) is 5.95 Å². The first-order chi connectivity index (χ1) is 20.8. The van der Waals surface area contributed by atoms with E-state index in [0.717, 1.165) is 65.6 Å². The molecule has 0 bridgehead atoms. The molecule has 0 atom stereocenters. The van der Waals surface area contributed by atoms with Gasteiger partial charge in [-0.3, -0.25) is 9.55 Å². The first-order valence-electron chi connectivity index (χ1n) is 13.8. The van der Waals surface area contributed by atoms with Crippen molar-refractivity contribution in [3.63, 3.8) is 0 Å². The van der Waals surface area contributed by atoms with Gasteiger partial charge in [0.15, 0.2) is 17.2 Å². The molecule has 6 nitrogen and oxygen atoms in total. The zero-order chi connectivity index (χ0) is 27.6. The summed E-state index contributed by atoms with van der Waals surface area (Å²) in [6.45, 7) is 0. The third-order valence-electron chi connectivity index (χ3n) is 7.94. The first-order valence-corrected chi connectivity index (χ1v) is 13.8. The lowest BCUT2D eigenvalue weighted by atomic mass is 10.0. The minimum atomic E-state index is 0.538. The molecular formula is C36H21N5O. The molecule has 5 aromatic carbocycles. The Morgan fingerprint density at radius 3 is 2.00 bits per heavy atom. The maximum absolute atomic E-state index is 6.68. The van der Waals surface area contributed by atoms with Crippen LogP contribution in [0.25, 0.3) is 83.2 Å². The average molecular weight is 540 g/mol. The standard InChI is InChI=1S/C36H21N5O/c1-3-9-22(10-4-1)34-38-35(23-11-5-2-6-12-23)40-36(39-34)41-29-14-8-7-13-26(29)27-16-17-28-31-25-19-20-37-21-24(25)15-18-30(31)42-33(28)32(27)41/h1-21H. The van der Waals surface area contributed by atoms with E-state index in [2.05, 4.69) is 52.0 Å². The SMILES string of the molecule is c1ccc(-c2nc(-c3ccccc3)nc(-n3c4ccccc4c4ccc5c(oc6ccc7cnccc7c65)c43)n2)cc1. The van der Waals surface area contributed by atoms with Crippen LogP contribution in [0.15, 0.2) is 132 Å². The van der Waals surface area contributed by atoms with Gasteiger partial charge >= 0.3 is 0 Å². The van der Waals surface area contributed by atoms with Gasteiger partial charge in [-0.05, 0) is 35.7 Å².